The minimum atomic E-state index is -0.206. The molecule has 0 saturated heterocycles. The second kappa shape index (κ2) is 5.31. The zero-order valence-corrected chi connectivity index (χ0v) is 10.8. The molecule has 0 heterocycles. The quantitative estimate of drug-likeness (QED) is 0.733. The summed E-state index contributed by atoms with van der Waals surface area (Å²) in [5.41, 5.74) is 0.00947. The van der Waals surface area contributed by atoms with Crippen LogP contribution >= 0.6 is 0 Å². The lowest BCUT2D eigenvalue weighted by Gasteiger charge is -2.31. The fraction of sp³-hybridized carbons (Fsp3) is 1.00. The largest absolute Gasteiger partial charge is 0.391 e. The highest BCUT2D eigenvalue weighted by Gasteiger charge is 2.28. The second-order valence-electron chi connectivity index (χ2n) is 6.08. The molecule has 0 spiro atoms. The molecule has 1 N–H and O–H groups in total. The van der Waals surface area contributed by atoms with Gasteiger partial charge in [-0.25, -0.2) is 0 Å². The van der Waals surface area contributed by atoms with E-state index in [1.54, 1.807) is 0 Å². The lowest BCUT2D eigenvalue weighted by atomic mass is 9.89. The van der Waals surface area contributed by atoms with Gasteiger partial charge in [-0.15, -0.1) is 0 Å². The van der Waals surface area contributed by atoms with Crippen LogP contribution in [-0.2, 0) is 0 Å². The molecule has 0 bridgehead atoms. The van der Waals surface area contributed by atoms with Crippen molar-refractivity contribution in [3.05, 3.63) is 0 Å². The molecule has 0 aromatic heterocycles. The van der Waals surface area contributed by atoms with E-state index in [9.17, 15) is 5.11 Å². The maximum Gasteiger partial charge on any atom is 0.0715 e. The summed E-state index contributed by atoms with van der Waals surface area (Å²) >= 11 is 0. The smallest absolute Gasteiger partial charge is 0.0715 e. The molecule has 1 saturated carbocycles. The van der Waals surface area contributed by atoms with Gasteiger partial charge < -0.3 is 10.0 Å². The molecule has 1 aliphatic carbocycles. The SMILES string of the molecule is CCCN(CC1CC1)CC(O)C(C)(C)C. The first-order chi connectivity index (χ1) is 6.93. The summed E-state index contributed by atoms with van der Waals surface area (Å²) in [4.78, 5) is 2.44. The van der Waals surface area contributed by atoms with E-state index in [-0.39, 0.29) is 11.5 Å². The fourth-order valence-electron chi connectivity index (χ4n) is 1.76. The van der Waals surface area contributed by atoms with Crippen molar-refractivity contribution in [1.29, 1.82) is 0 Å². The summed E-state index contributed by atoms with van der Waals surface area (Å²) in [6.07, 6.45) is 3.77. The van der Waals surface area contributed by atoms with Crippen LogP contribution in [-0.4, -0.2) is 35.7 Å². The van der Waals surface area contributed by atoms with E-state index in [0.717, 1.165) is 19.0 Å². The highest BCUT2D eigenvalue weighted by molar-refractivity contribution is 4.81. The van der Waals surface area contributed by atoms with Gasteiger partial charge in [-0.1, -0.05) is 27.7 Å². The maximum atomic E-state index is 10.1. The van der Waals surface area contributed by atoms with Crippen LogP contribution in [0.5, 0.6) is 0 Å². The fourth-order valence-corrected chi connectivity index (χ4v) is 1.76. The summed E-state index contributed by atoms with van der Waals surface area (Å²) in [5.74, 6) is 0.920. The summed E-state index contributed by atoms with van der Waals surface area (Å²) in [7, 11) is 0. The molecule has 1 atom stereocenters. The van der Waals surface area contributed by atoms with Crippen molar-refractivity contribution in [2.75, 3.05) is 19.6 Å². The first-order valence-electron chi connectivity index (χ1n) is 6.34. The van der Waals surface area contributed by atoms with Gasteiger partial charge in [-0.05, 0) is 37.1 Å². The second-order valence-corrected chi connectivity index (χ2v) is 6.08. The Balaban J connectivity index is 2.34. The predicted molar refractivity (Wildman–Crippen MR) is 64.9 cm³/mol. The molecular formula is C13H27NO. The van der Waals surface area contributed by atoms with Gasteiger partial charge in [0, 0.05) is 13.1 Å². The number of rotatable bonds is 6. The van der Waals surface area contributed by atoms with Gasteiger partial charge in [0.25, 0.3) is 0 Å². The van der Waals surface area contributed by atoms with Crippen LogP contribution in [0.25, 0.3) is 0 Å². The number of hydrogen-bond donors (Lipinski definition) is 1. The Hall–Kier alpha value is -0.0800. The molecule has 0 aromatic rings. The lowest BCUT2D eigenvalue weighted by molar-refractivity contribution is 0.0271. The van der Waals surface area contributed by atoms with Gasteiger partial charge in [-0.3, -0.25) is 0 Å². The first kappa shape index (κ1) is 13.0. The van der Waals surface area contributed by atoms with Crippen LogP contribution in [0, 0.1) is 11.3 Å². The molecule has 0 amide bonds. The van der Waals surface area contributed by atoms with Gasteiger partial charge in [0.2, 0.25) is 0 Å². The van der Waals surface area contributed by atoms with Gasteiger partial charge in [0.1, 0.15) is 0 Å². The molecule has 2 heteroatoms. The van der Waals surface area contributed by atoms with Gasteiger partial charge in [0.15, 0.2) is 0 Å². The lowest BCUT2D eigenvalue weighted by Crippen LogP contribution is -2.40. The highest BCUT2D eigenvalue weighted by Crippen LogP contribution is 2.30. The summed E-state index contributed by atoms with van der Waals surface area (Å²) in [5, 5.41) is 10.1. The third-order valence-corrected chi connectivity index (χ3v) is 3.18. The standard InChI is InChI=1S/C13H27NO/c1-5-8-14(9-11-6-7-11)10-12(15)13(2,3)4/h11-12,15H,5-10H2,1-4H3. The monoisotopic (exact) mass is 213 g/mol. The predicted octanol–water partition coefficient (Wildman–Crippen LogP) is 2.52. The minimum Gasteiger partial charge on any atom is -0.391 e. The van der Waals surface area contributed by atoms with E-state index in [2.05, 4.69) is 32.6 Å². The molecule has 1 unspecified atom stereocenters. The summed E-state index contributed by atoms with van der Waals surface area (Å²) in [6, 6.07) is 0. The Labute approximate surface area is 94.7 Å². The van der Waals surface area contributed by atoms with E-state index in [1.807, 2.05) is 0 Å². The van der Waals surface area contributed by atoms with Crippen LogP contribution < -0.4 is 0 Å². The highest BCUT2D eigenvalue weighted by atomic mass is 16.3. The molecule has 1 aliphatic rings. The molecule has 1 fully saturated rings. The van der Waals surface area contributed by atoms with Crippen LogP contribution in [0.3, 0.4) is 0 Å². The maximum absolute atomic E-state index is 10.1. The van der Waals surface area contributed by atoms with Crippen molar-refractivity contribution in [3.8, 4) is 0 Å². The summed E-state index contributed by atoms with van der Waals surface area (Å²) in [6.45, 7) is 11.7. The molecule has 1 rings (SSSR count). The van der Waals surface area contributed by atoms with Gasteiger partial charge >= 0.3 is 0 Å². The molecule has 90 valence electrons. The number of aliphatic hydroxyl groups excluding tert-OH is 1. The third kappa shape index (κ3) is 4.98. The van der Waals surface area contributed by atoms with Gasteiger partial charge in [0.05, 0.1) is 6.10 Å². The van der Waals surface area contributed by atoms with E-state index < -0.39 is 0 Å². The molecule has 0 aliphatic heterocycles. The van der Waals surface area contributed by atoms with Gasteiger partial charge in [-0.2, -0.15) is 0 Å². The van der Waals surface area contributed by atoms with Crippen molar-refractivity contribution in [1.82, 2.24) is 4.90 Å². The van der Waals surface area contributed by atoms with Crippen LogP contribution in [0.15, 0.2) is 0 Å². The number of aliphatic hydroxyl groups is 1. The average Bonchev–Trinajstić information content (AvgIpc) is 2.86. The molecule has 0 radical (unpaired) electrons. The van der Waals surface area contributed by atoms with E-state index in [1.165, 1.54) is 25.8 Å². The Morgan fingerprint density at radius 3 is 2.33 bits per heavy atom. The van der Waals surface area contributed by atoms with E-state index in [0.29, 0.717) is 0 Å². The zero-order chi connectivity index (χ0) is 11.5. The number of nitrogens with zero attached hydrogens (tertiary/aromatic N) is 1. The topological polar surface area (TPSA) is 23.5 Å². The number of hydrogen-bond acceptors (Lipinski definition) is 2. The van der Waals surface area contributed by atoms with E-state index in [4.69, 9.17) is 0 Å². The van der Waals surface area contributed by atoms with E-state index >= 15 is 0 Å². The minimum absolute atomic E-state index is 0.00947. The van der Waals surface area contributed by atoms with Crippen molar-refractivity contribution >= 4 is 0 Å². The van der Waals surface area contributed by atoms with Crippen molar-refractivity contribution in [2.24, 2.45) is 11.3 Å². The van der Waals surface area contributed by atoms with Crippen molar-refractivity contribution in [3.63, 3.8) is 0 Å². The Kier molecular flexibility index (Phi) is 4.60. The van der Waals surface area contributed by atoms with Crippen molar-refractivity contribution in [2.45, 2.75) is 53.1 Å². The Bertz CT molecular complexity index is 181. The van der Waals surface area contributed by atoms with Crippen molar-refractivity contribution < 1.29 is 5.11 Å². The van der Waals surface area contributed by atoms with Crippen LogP contribution in [0.1, 0.15) is 47.0 Å². The zero-order valence-electron chi connectivity index (χ0n) is 10.8. The Morgan fingerprint density at radius 2 is 1.93 bits per heavy atom. The van der Waals surface area contributed by atoms with Crippen LogP contribution in [0.2, 0.25) is 0 Å². The average molecular weight is 213 g/mol. The Morgan fingerprint density at radius 1 is 1.33 bits per heavy atom. The molecular weight excluding hydrogens is 186 g/mol. The summed E-state index contributed by atoms with van der Waals surface area (Å²) < 4.78 is 0. The molecule has 2 nitrogen and oxygen atoms in total. The normalized spacial score (nSPS) is 19.6. The third-order valence-electron chi connectivity index (χ3n) is 3.18. The molecule has 0 aromatic carbocycles. The van der Waals surface area contributed by atoms with Crippen LogP contribution in [0.4, 0.5) is 0 Å². The molecule has 15 heavy (non-hydrogen) atoms. The first-order valence-corrected chi connectivity index (χ1v) is 6.34.